The lowest BCUT2D eigenvalue weighted by Crippen LogP contribution is -2.36. The van der Waals surface area contributed by atoms with Gasteiger partial charge in [0, 0.05) is 23.5 Å². The Balaban J connectivity index is 1.86. The summed E-state index contributed by atoms with van der Waals surface area (Å²) in [5.74, 6) is 0. The van der Waals surface area contributed by atoms with Gasteiger partial charge in [-0.1, -0.05) is 12.8 Å². The van der Waals surface area contributed by atoms with Gasteiger partial charge in [0.2, 0.25) is 0 Å². The molecule has 1 saturated heterocycles. The average molecular weight is 249 g/mol. The zero-order valence-electron chi connectivity index (χ0n) is 12.0. The highest BCUT2D eigenvalue weighted by molar-refractivity contribution is 5.15. The number of hydrogen-bond donors (Lipinski definition) is 2. The molecule has 2 atom stereocenters. The van der Waals surface area contributed by atoms with E-state index < -0.39 is 0 Å². The molecule has 2 heterocycles. The normalized spacial score (nSPS) is 22.5. The van der Waals surface area contributed by atoms with Crippen molar-refractivity contribution in [3.05, 3.63) is 23.5 Å². The van der Waals surface area contributed by atoms with E-state index in [1.165, 1.54) is 50.0 Å². The fraction of sp³-hybridized carbons (Fsp3) is 0.733. The zero-order chi connectivity index (χ0) is 13.0. The van der Waals surface area contributed by atoms with Crippen LogP contribution in [-0.4, -0.2) is 23.3 Å². The van der Waals surface area contributed by atoms with E-state index in [4.69, 9.17) is 0 Å². The van der Waals surface area contributed by atoms with Crippen LogP contribution in [0.3, 0.4) is 0 Å². The van der Waals surface area contributed by atoms with Gasteiger partial charge in [0.05, 0.1) is 0 Å². The summed E-state index contributed by atoms with van der Waals surface area (Å²) in [4.78, 5) is 0. The van der Waals surface area contributed by atoms with Gasteiger partial charge in [-0.3, -0.25) is 4.68 Å². The largest absolute Gasteiger partial charge is 0.323 e. The Bertz CT molecular complexity index is 342. The van der Waals surface area contributed by atoms with Crippen LogP contribution in [0, 0.1) is 13.8 Å². The minimum Gasteiger partial charge on any atom is -0.323 e. The van der Waals surface area contributed by atoms with E-state index in [-0.39, 0.29) is 0 Å². The Labute approximate surface area is 111 Å². The maximum absolute atomic E-state index is 3.67. The molecular formula is C15H27N3. The van der Waals surface area contributed by atoms with Crippen LogP contribution in [0.15, 0.2) is 12.1 Å². The monoisotopic (exact) mass is 249 g/mol. The molecule has 0 radical (unpaired) electrons. The molecule has 2 N–H and O–H groups in total. The highest BCUT2D eigenvalue weighted by atomic mass is 15.4. The maximum atomic E-state index is 3.67. The molecule has 102 valence electrons. The van der Waals surface area contributed by atoms with Gasteiger partial charge in [0.15, 0.2) is 0 Å². The average Bonchev–Trinajstić information content (AvgIpc) is 2.59. The van der Waals surface area contributed by atoms with Gasteiger partial charge in [-0.2, -0.15) is 0 Å². The fourth-order valence-electron chi connectivity index (χ4n) is 2.87. The Kier molecular flexibility index (Phi) is 4.70. The molecule has 3 nitrogen and oxygen atoms in total. The van der Waals surface area contributed by atoms with E-state index in [1.807, 2.05) is 0 Å². The minimum atomic E-state index is 0.505. The van der Waals surface area contributed by atoms with E-state index in [9.17, 15) is 0 Å². The third-order valence-electron chi connectivity index (χ3n) is 3.92. The van der Waals surface area contributed by atoms with Crippen LogP contribution in [0.4, 0.5) is 0 Å². The lowest BCUT2D eigenvalue weighted by molar-refractivity contribution is 0.442. The number of aryl methyl sites for hydroxylation is 2. The summed E-state index contributed by atoms with van der Waals surface area (Å²) in [5.41, 5.74) is 6.17. The molecule has 2 rings (SSSR count). The molecule has 1 aliphatic heterocycles. The smallest absolute Gasteiger partial charge is 0.0411 e. The van der Waals surface area contributed by atoms with Gasteiger partial charge in [0.1, 0.15) is 0 Å². The molecule has 0 saturated carbocycles. The zero-order valence-corrected chi connectivity index (χ0v) is 12.0. The SMILES string of the molecule is Cc1ccc(C)n1NC(C)CC1CCCCCN1. The van der Waals surface area contributed by atoms with Gasteiger partial charge in [-0.25, -0.2) is 0 Å². The summed E-state index contributed by atoms with van der Waals surface area (Å²) in [6.07, 6.45) is 6.65. The van der Waals surface area contributed by atoms with Gasteiger partial charge in [0.25, 0.3) is 0 Å². The maximum Gasteiger partial charge on any atom is 0.0411 e. The second-order valence-corrected chi connectivity index (χ2v) is 5.72. The number of aromatic nitrogens is 1. The molecular weight excluding hydrogens is 222 g/mol. The van der Waals surface area contributed by atoms with Crippen molar-refractivity contribution < 1.29 is 0 Å². The molecule has 1 aromatic rings. The minimum absolute atomic E-state index is 0.505. The molecule has 2 unspecified atom stereocenters. The van der Waals surface area contributed by atoms with Crippen LogP contribution in [0.25, 0.3) is 0 Å². The van der Waals surface area contributed by atoms with Crippen LogP contribution in [0.2, 0.25) is 0 Å². The second-order valence-electron chi connectivity index (χ2n) is 5.72. The predicted molar refractivity (Wildman–Crippen MR) is 77.6 cm³/mol. The van der Waals surface area contributed by atoms with E-state index in [2.05, 4.69) is 48.3 Å². The lowest BCUT2D eigenvalue weighted by Gasteiger charge is -2.24. The van der Waals surface area contributed by atoms with Crippen molar-refractivity contribution in [2.24, 2.45) is 0 Å². The molecule has 1 aromatic heterocycles. The Morgan fingerprint density at radius 3 is 2.72 bits per heavy atom. The van der Waals surface area contributed by atoms with Gasteiger partial charge in [-0.15, -0.1) is 0 Å². The molecule has 0 aliphatic carbocycles. The Hall–Kier alpha value is -0.960. The second kappa shape index (κ2) is 6.28. The van der Waals surface area contributed by atoms with Gasteiger partial charge < -0.3 is 10.7 Å². The van der Waals surface area contributed by atoms with Crippen molar-refractivity contribution in [3.63, 3.8) is 0 Å². The van der Waals surface area contributed by atoms with Crippen molar-refractivity contribution in [1.29, 1.82) is 0 Å². The van der Waals surface area contributed by atoms with Crippen molar-refractivity contribution in [2.45, 2.75) is 65.0 Å². The first-order valence-electron chi connectivity index (χ1n) is 7.31. The molecule has 1 aliphatic rings. The number of rotatable bonds is 4. The highest BCUT2D eigenvalue weighted by Crippen LogP contribution is 2.14. The molecule has 0 aromatic carbocycles. The van der Waals surface area contributed by atoms with Gasteiger partial charge >= 0.3 is 0 Å². The summed E-state index contributed by atoms with van der Waals surface area (Å²) in [6.45, 7) is 7.78. The summed E-state index contributed by atoms with van der Waals surface area (Å²) in [5, 5.41) is 3.67. The standard InChI is InChI=1S/C15H27N3/c1-12(11-15-7-5-4-6-10-16-15)17-18-13(2)8-9-14(18)3/h8-9,12,15-17H,4-7,10-11H2,1-3H3. The van der Waals surface area contributed by atoms with Crippen LogP contribution in [0.5, 0.6) is 0 Å². The van der Waals surface area contributed by atoms with Crippen LogP contribution < -0.4 is 10.7 Å². The summed E-state index contributed by atoms with van der Waals surface area (Å²) in [6, 6.07) is 5.52. The number of nitrogens with zero attached hydrogens (tertiary/aromatic N) is 1. The first-order chi connectivity index (χ1) is 8.66. The lowest BCUT2D eigenvalue weighted by atomic mass is 10.0. The molecule has 3 heteroatoms. The molecule has 0 amide bonds. The molecule has 1 fully saturated rings. The third-order valence-corrected chi connectivity index (χ3v) is 3.92. The Morgan fingerprint density at radius 2 is 2.00 bits per heavy atom. The van der Waals surface area contributed by atoms with Crippen molar-refractivity contribution >= 4 is 0 Å². The van der Waals surface area contributed by atoms with E-state index >= 15 is 0 Å². The fourth-order valence-corrected chi connectivity index (χ4v) is 2.87. The topological polar surface area (TPSA) is 29.0 Å². The van der Waals surface area contributed by atoms with Crippen LogP contribution in [-0.2, 0) is 0 Å². The van der Waals surface area contributed by atoms with E-state index in [1.54, 1.807) is 0 Å². The van der Waals surface area contributed by atoms with Crippen molar-refractivity contribution in [3.8, 4) is 0 Å². The van der Waals surface area contributed by atoms with Crippen LogP contribution >= 0.6 is 0 Å². The van der Waals surface area contributed by atoms with Crippen LogP contribution in [0.1, 0.15) is 50.4 Å². The van der Waals surface area contributed by atoms with Gasteiger partial charge in [-0.05, 0) is 58.7 Å². The van der Waals surface area contributed by atoms with Crippen molar-refractivity contribution in [2.75, 3.05) is 12.0 Å². The highest BCUT2D eigenvalue weighted by Gasteiger charge is 2.15. The quantitative estimate of drug-likeness (QED) is 0.859. The summed E-state index contributed by atoms with van der Waals surface area (Å²) in [7, 11) is 0. The summed E-state index contributed by atoms with van der Waals surface area (Å²) >= 11 is 0. The molecule has 0 bridgehead atoms. The Morgan fingerprint density at radius 1 is 1.28 bits per heavy atom. The first kappa shape index (κ1) is 13.5. The first-order valence-corrected chi connectivity index (χ1v) is 7.31. The van der Waals surface area contributed by atoms with Crippen molar-refractivity contribution in [1.82, 2.24) is 9.99 Å². The predicted octanol–water partition coefficient (Wildman–Crippen LogP) is 2.96. The van der Waals surface area contributed by atoms with E-state index in [0.29, 0.717) is 12.1 Å². The third kappa shape index (κ3) is 3.52. The summed E-state index contributed by atoms with van der Waals surface area (Å²) < 4.78 is 2.21. The number of hydrogen-bond acceptors (Lipinski definition) is 2. The molecule has 0 spiro atoms. The van der Waals surface area contributed by atoms with E-state index in [0.717, 1.165) is 0 Å². The molecule has 18 heavy (non-hydrogen) atoms. The number of nitrogens with one attached hydrogen (secondary N) is 2.